The average Bonchev–Trinajstić information content (AvgIpc) is 3.19. The first kappa shape index (κ1) is 25.4. The number of rotatable bonds is 8. The van der Waals surface area contributed by atoms with Crippen molar-refractivity contribution in [2.45, 2.75) is 38.5 Å². The van der Waals surface area contributed by atoms with E-state index in [0.29, 0.717) is 43.8 Å². The minimum absolute atomic E-state index is 0.0820. The topological polar surface area (TPSA) is 88.9 Å². The number of nitrogens with one attached hydrogen (secondary N) is 2. The van der Waals surface area contributed by atoms with Gasteiger partial charge in [-0.3, -0.25) is 9.59 Å². The number of amides is 2. The molecule has 33 heavy (non-hydrogen) atoms. The number of aromatic nitrogens is 3. The molecule has 0 aliphatic carbocycles. The van der Waals surface area contributed by atoms with Crippen LogP contribution in [-0.4, -0.2) is 32.3 Å². The normalized spacial score (nSPS) is 11.8. The highest BCUT2D eigenvalue weighted by molar-refractivity contribution is 7.99. The lowest BCUT2D eigenvalue weighted by Crippen LogP contribution is -2.29. The molecule has 2 amide bonds. The summed E-state index contributed by atoms with van der Waals surface area (Å²) in [6.07, 6.45) is 0. The Bertz CT molecular complexity index is 1180. The van der Waals surface area contributed by atoms with Gasteiger partial charge in [0, 0.05) is 12.1 Å². The number of anilines is 1. The number of nitrogens with zero attached hydrogens (tertiary/aromatic N) is 3. The zero-order valence-electron chi connectivity index (χ0n) is 18.2. The summed E-state index contributed by atoms with van der Waals surface area (Å²) >= 11 is 19.3. The summed E-state index contributed by atoms with van der Waals surface area (Å²) in [6, 6.07) is 9.98. The molecule has 1 aromatic heterocycles. The molecule has 0 spiro atoms. The molecule has 0 fully saturated rings. The van der Waals surface area contributed by atoms with Gasteiger partial charge in [-0.05, 0) is 44.5 Å². The second-order valence-electron chi connectivity index (χ2n) is 7.18. The molecule has 0 unspecified atom stereocenters. The number of carbonyl (C=O) groups excluding carboxylic acids is 2. The van der Waals surface area contributed by atoms with Crippen molar-refractivity contribution in [3.05, 3.63) is 68.4 Å². The Balaban J connectivity index is 1.65. The van der Waals surface area contributed by atoms with E-state index in [-0.39, 0.29) is 23.6 Å². The van der Waals surface area contributed by atoms with Gasteiger partial charge in [0.2, 0.25) is 5.91 Å². The van der Waals surface area contributed by atoms with Gasteiger partial charge in [-0.2, -0.15) is 0 Å². The number of halogens is 3. The Morgan fingerprint density at radius 1 is 1.09 bits per heavy atom. The molecular formula is C22H22Cl3N5O2S. The third-order valence-corrected chi connectivity index (χ3v) is 6.80. The first-order chi connectivity index (χ1) is 15.7. The first-order valence-corrected chi connectivity index (χ1v) is 12.2. The van der Waals surface area contributed by atoms with E-state index in [9.17, 15) is 9.59 Å². The van der Waals surface area contributed by atoms with Crippen molar-refractivity contribution in [2.75, 3.05) is 11.1 Å². The van der Waals surface area contributed by atoms with Crippen LogP contribution in [0, 0.1) is 6.92 Å². The number of aryl methyl sites for hydroxylation is 1. The van der Waals surface area contributed by atoms with E-state index >= 15 is 0 Å². The first-order valence-electron chi connectivity index (χ1n) is 10.1. The molecule has 0 bridgehead atoms. The van der Waals surface area contributed by atoms with Crippen molar-refractivity contribution in [1.29, 1.82) is 0 Å². The van der Waals surface area contributed by atoms with Crippen molar-refractivity contribution in [2.24, 2.45) is 0 Å². The molecule has 0 saturated heterocycles. The van der Waals surface area contributed by atoms with Gasteiger partial charge in [-0.15, -0.1) is 10.2 Å². The van der Waals surface area contributed by atoms with Gasteiger partial charge in [0.25, 0.3) is 5.91 Å². The fourth-order valence-corrected chi connectivity index (χ4v) is 4.53. The molecule has 174 valence electrons. The predicted molar refractivity (Wildman–Crippen MR) is 134 cm³/mol. The third kappa shape index (κ3) is 6.20. The summed E-state index contributed by atoms with van der Waals surface area (Å²) in [5.41, 5.74) is 1.88. The monoisotopic (exact) mass is 525 g/mol. The molecule has 0 saturated carbocycles. The van der Waals surface area contributed by atoms with Crippen LogP contribution >= 0.6 is 46.6 Å². The van der Waals surface area contributed by atoms with E-state index in [1.807, 2.05) is 43.5 Å². The van der Waals surface area contributed by atoms with Gasteiger partial charge in [0.1, 0.15) is 0 Å². The maximum atomic E-state index is 12.7. The molecule has 1 atom stereocenters. The summed E-state index contributed by atoms with van der Waals surface area (Å²) < 4.78 is 1.87. The second kappa shape index (κ2) is 11.2. The van der Waals surface area contributed by atoms with Crippen LogP contribution in [0.2, 0.25) is 15.1 Å². The van der Waals surface area contributed by atoms with Gasteiger partial charge in [0.05, 0.1) is 32.5 Å². The molecule has 0 aliphatic rings. The van der Waals surface area contributed by atoms with Gasteiger partial charge in [-0.25, -0.2) is 0 Å². The minimum atomic E-state index is -0.372. The van der Waals surface area contributed by atoms with Crippen LogP contribution in [0.3, 0.4) is 0 Å². The predicted octanol–water partition coefficient (Wildman–Crippen LogP) is 5.79. The van der Waals surface area contributed by atoms with Crippen molar-refractivity contribution in [3.63, 3.8) is 0 Å². The smallest absolute Gasteiger partial charge is 0.252 e. The number of hydrogen-bond donors (Lipinski definition) is 2. The van der Waals surface area contributed by atoms with Crippen molar-refractivity contribution in [3.8, 4) is 0 Å². The highest BCUT2D eigenvalue weighted by Gasteiger charge is 2.21. The average molecular weight is 527 g/mol. The van der Waals surface area contributed by atoms with E-state index < -0.39 is 0 Å². The van der Waals surface area contributed by atoms with E-state index in [1.54, 1.807) is 6.07 Å². The number of benzene rings is 2. The van der Waals surface area contributed by atoms with E-state index in [4.69, 9.17) is 34.8 Å². The van der Waals surface area contributed by atoms with Crippen LogP contribution < -0.4 is 10.6 Å². The number of hydrogen-bond acceptors (Lipinski definition) is 5. The molecular weight excluding hydrogens is 505 g/mol. The number of thioether (sulfide) groups is 1. The van der Waals surface area contributed by atoms with Crippen molar-refractivity contribution >= 4 is 64.1 Å². The zero-order valence-corrected chi connectivity index (χ0v) is 21.2. The Morgan fingerprint density at radius 3 is 2.48 bits per heavy atom. The second-order valence-corrected chi connectivity index (χ2v) is 9.34. The van der Waals surface area contributed by atoms with E-state index in [0.717, 1.165) is 5.56 Å². The third-order valence-electron chi connectivity index (χ3n) is 4.80. The lowest BCUT2D eigenvalue weighted by molar-refractivity contribution is -0.113. The highest BCUT2D eigenvalue weighted by atomic mass is 35.5. The lowest BCUT2D eigenvalue weighted by atomic mass is 10.1. The van der Waals surface area contributed by atoms with Crippen molar-refractivity contribution < 1.29 is 9.59 Å². The maximum absolute atomic E-state index is 12.7. The molecule has 3 rings (SSSR count). The highest BCUT2D eigenvalue weighted by Crippen LogP contribution is 2.32. The van der Waals surface area contributed by atoms with Crippen LogP contribution in [0.4, 0.5) is 5.69 Å². The molecule has 7 nitrogen and oxygen atoms in total. The number of carbonyl (C=O) groups is 2. The summed E-state index contributed by atoms with van der Waals surface area (Å²) in [4.78, 5) is 25.1. The Kier molecular flexibility index (Phi) is 8.64. The lowest BCUT2D eigenvalue weighted by Gasteiger charge is -2.16. The quantitative estimate of drug-likeness (QED) is 0.286. The standard InChI is InChI=1S/C22H22Cl3N5O2S/c1-4-30-20(13(3)26-21(32)14-8-6-5-7-12(14)2)28-29-22(30)33-11-19(31)27-18-10-16(24)15(23)9-17(18)25/h5-10,13H,4,11H2,1-3H3,(H,26,32)(H,27,31)/t13-/m0/s1. The molecule has 2 N–H and O–H groups in total. The van der Waals surface area contributed by atoms with Crippen molar-refractivity contribution in [1.82, 2.24) is 20.1 Å². The molecule has 1 heterocycles. The maximum Gasteiger partial charge on any atom is 0.252 e. The summed E-state index contributed by atoms with van der Waals surface area (Å²) in [7, 11) is 0. The van der Waals surface area contributed by atoms with E-state index in [1.165, 1.54) is 23.9 Å². The minimum Gasteiger partial charge on any atom is -0.342 e. The SMILES string of the molecule is CCn1c(SCC(=O)Nc2cc(Cl)c(Cl)cc2Cl)nnc1[C@H](C)NC(=O)c1ccccc1C. The summed E-state index contributed by atoms with van der Waals surface area (Å²) in [6.45, 7) is 6.26. The van der Waals surface area contributed by atoms with Crippen LogP contribution in [0.25, 0.3) is 0 Å². The van der Waals surface area contributed by atoms with Crippen LogP contribution in [0.5, 0.6) is 0 Å². The van der Waals surface area contributed by atoms with Gasteiger partial charge < -0.3 is 15.2 Å². The van der Waals surface area contributed by atoms with E-state index in [2.05, 4.69) is 20.8 Å². The fourth-order valence-electron chi connectivity index (χ4n) is 3.13. The van der Waals surface area contributed by atoms with Gasteiger partial charge in [0.15, 0.2) is 11.0 Å². The molecule has 11 heteroatoms. The summed E-state index contributed by atoms with van der Waals surface area (Å²) in [5, 5.41) is 15.6. The Hall–Kier alpha value is -2.26. The van der Waals surface area contributed by atoms with Crippen LogP contribution in [0.15, 0.2) is 41.6 Å². The van der Waals surface area contributed by atoms with Gasteiger partial charge in [-0.1, -0.05) is 64.8 Å². The zero-order chi connectivity index (χ0) is 24.1. The largest absolute Gasteiger partial charge is 0.342 e. The Morgan fingerprint density at radius 2 is 1.79 bits per heavy atom. The molecule has 0 aliphatic heterocycles. The molecule has 0 radical (unpaired) electrons. The van der Waals surface area contributed by atoms with Gasteiger partial charge >= 0.3 is 0 Å². The van der Waals surface area contributed by atoms with Crippen LogP contribution in [-0.2, 0) is 11.3 Å². The molecule has 2 aromatic carbocycles. The summed E-state index contributed by atoms with van der Waals surface area (Å²) in [5.74, 6) is 0.222. The molecule has 3 aromatic rings. The fraction of sp³-hybridized carbons (Fsp3) is 0.273. The van der Waals surface area contributed by atoms with Crippen LogP contribution in [0.1, 0.15) is 41.6 Å². The Labute approximate surface area is 211 Å².